The second-order valence-corrected chi connectivity index (χ2v) is 15.1. The van der Waals surface area contributed by atoms with Gasteiger partial charge < -0.3 is 14.9 Å². The second kappa shape index (κ2) is 7.94. The van der Waals surface area contributed by atoms with Crippen LogP contribution in [-0.2, 0) is 9.53 Å². The highest BCUT2D eigenvalue weighted by molar-refractivity contribution is 5.66. The largest absolute Gasteiger partial charge is 0.460 e. The van der Waals surface area contributed by atoms with Crippen LogP contribution in [0.4, 0.5) is 0 Å². The number of esters is 1. The summed E-state index contributed by atoms with van der Waals surface area (Å²) in [5, 5.41) is 23.4. The van der Waals surface area contributed by atoms with Gasteiger partial charge in [0.15, 0.2) is 0 Å². The van der Waals surface area contributed by atoms with Crippen LogP contribution in [0.2, 0.25) is 0 Å². The van der Waals surface area contributed by atoms with Crippen molar-refractivity contribution in [2.45, 2.75) is 119 Å². The van der Waals surface area contributed by atoms with E-state index in [2.05, 4.69) is 67.5 Å². The molecule has 11 atom stereocenters. The first-order chi connectivity index (χ1) is 16.5. The Morgan fingerprint density at radius 1 is 1.03 bits per heavy atom. The summed E-state index contributed by atoms with van der Waals surface area (Å²) >= 11 is 0. The third-order valence-electron chi connectivity index (χ3n) is 12.9. The number of ether oxygens (including phenoxy) is 1. The van der Waals surface area contributed by atoms with E-state index >= 15 is 0 Å². The first-order valence-electron chi connectivity index (χ1n) is 14.5. The molecule has 0 heterocycles. The van der Waals surface area contributed by atoms with Gasteiger partial charge in [0.1, 0.15) is 6.10 Å². The number of hydrogen-bond donors (Lipinski definition) is 2. The van der Waals surface area contributed by atoms with Gasteiger partial charge in [0, 0.05) is 18.3 Å². The molecule has 0 bridgehead atoms. The third kappa shape index (κ3) is 3.22. The van der Waals surface area contributed by atoms with Crippen molar-refractivity contribution >= 4 is 5.97 Å². The number of carbonyl (C=O) groups excluding carboxylic acids is 1. The summed E-state index contributed by atoms with van der Waals surface area (Å²) < 4.78 is 5.73. The van der Waals surface area contributed by atoms with E-state index in [9.17, 15) is 15.0 Å². The summed E-state index contributed by atoms with van der Waals surface area (Å²) in [6.07, 6.45) is 9.27. The van der Waals surface area contributed by atoms with Crippen molar-refractivity contribution < 1.29 is 19.7 Å². The number of rotatable bonds is 1. The fraction of sp³-hybridized carbons (Fsp3) is 0.844. The fourth-order valence-corrected chi connectivity index (χ4v) is 10.7. The van der Waals surface area contributed by atoms with E-state index in [0.717, 1.165) is 12.8 Å². The van der Waals surface area contributed by atoms with Crippen LogP contribution >= 0.6 is 0 Å². The Labute approximate surface area is 219 Å². The zero-order chi connectivity index (χ0) is 26.6. The molecule has 0 radical (unpaired) electrons. The van der Waals surface area contributed by atoms with Crippen molar-refractivity contribution in [2.75, 3.05) is 0 Å². The molecule has 0 unspecified atom stereocenters. The van der Waals surface area contributed by atoms with Gasteiger partial charge in [-0.3, -0.25) is 4.79 Å². The summed E-state index contributed by atoms with van der Waals surface area (Å²) in [6.45, 7) is 20.2. The molecule has 0 aromatic heterocycles. The molecule has 0 amide bonds. The van der Waals surface area contributed by atoms with Gasteiger partial charge in [0.05, 0.1) is 12.2 Å². The lowest BCUT2D eigenvalue weighted by Gasteiger charge is -2.70. The maximum atomic E-state index is 12.1. The van der Waals surface area contributed by atoms with Gasteiger partial charge in [-0.15, -0.1) is 0 Å². The van der Waals surface area contributed by atoms with Gasteiger partial charge in [0.2, 0.25) is 0 Å². The molecule has 3 saturated carbocycles. The number of carbonyl (C=O) groups is 1. The maximum Gasteiger partial charge on any atom is 0.302 e. The molecule has 0 aromatic carbocycles. The molecule has 4 nitrogen and oxygen atoms in total. The van der Waals surface area contributed by atoms with Crippen molar-refractivity contribution in [3.63, 3.8) is 0 Å². The smallest absolute Gasteiger partial charge is 0.302 e. The second-order valence-electron chi connectivity index (χ2n) is 15.1. The average molecular weight is 499 g/mol. The molecule has 5 aliphatic rings. The van der Waals surface area contributed by atoms with Gasteiger partial charge in [-0.2, -0.15) is 0 Å². The Kier molecular flexibility index (Phi) is 5.84. The third-order valence-corrected chi connectivity index (χ3v) is 12.9. The standard InChI is InChI=1S/C32H50O4/c1-18-10-12-29(6)14-15-31(8)21(25(29)19(18)2)16-22(34)26-30(7)17-23(36-20(3)33)27(35)28(4,5)24(30)11-13-32(26,31)9/h11,16,18-19,22-23,25-27,34-35H,10,12-15,17H2,1-9H3/t18-,19+,22-,23-,25-,26-,27+,29-,30+,31-,32-/m1/s1. The van der Waals surface area contributed by atoms with Crippen LogP contribution in [0.1, 0.15) is 101 Å². The van der Waals surface area contributed by atoms with E-state index in [4.69, 9.17) is 4.74 Å². The Balaban J connectivity index is 1.65. The maximum absolute atomic E-state index is 12.1. The molecular formula is C32H50O4. The molecule has 5 rings (SSSR count). The van der Waals surface area contributed by atoms with Gasteiger partial charge in [-0.1, -0.05) is 78.7 Å². The van der Waals surface area contributed by atoms with E-state index in [0.29, 0.717) is 29.6 Å². The van der Waals surface area contributed by atoms with Crippen LogP contribution in [0, 0.1) is 50.7 Å². The van der Waals surface area contributed by atoms with Crippen LogP contribution in [0.3, 0.4) is 0 Å². The predicted octanol–water partition coefficient (Wildman–Crippen LogP) is 6.46. The van der Waals surface area contributed by atoms with Crippen LogP contribution in [0.5, 0.6) is 0 Å². The molecule has 2 N–H and O–H groups in total. The highest BCUT2D eigenvalue weighted by Crippen LogP contribution is 2.74. The molecule has 0 aromatic rings. The zero-order valence-electron chi connectivity index (χ0n) is 24.1. The number of fused-ring (bicyclic) bond motifs is 7. The summed E-state index contributed by atoms with van der Waals surface area (Å²) in [5.74, 6) is 1.49. The zero-order valence-corrected chi connectivity index (χ0v) is 24.1. The van der Waals surface area contributed by atoms with E-state index in [1.165, 1.54) is 37.3 Å². The quantitative estimate of drug-likeness (QED) is 0.322. The van der Waals surface area contributed by atoms with Crippen molar-refractivity contribution in [1.82, 2.24) is 0 Å². The molecule has 202 valence electrons. The highest BCUT2D eigenvalue weighted by Gasteiger charge is 2.69. The lowest BCUT2D eigenvalue weighted by atomic mass is 9.34. The molecule has 3 fully saturated rings. The Bertz CT molecular complexity index is 1010. The van der Waals surface area contributed by atoms with Gasteiger partial charge >= 0.3 is 5.97 Å². The molecule has 0 spiro atoms. The summed E-state index contributed by atoms with van der Waals surface area (Å²) in [5.41, 5.74) is 2.06. The normalized spacial score (nSPS) is 53.6. The molecule has 4 heteroatoms. The molecule has 0 saturated heterocycles. The minimum absolute atomic E-state index is 0.00394. The number of aliphatic hydroxyl groups excluding tert-OH is 2. The number of allylic oxidation sites excluding steroid dienone is 2. The summed E-state index contributed by atoms with van der Waals surface area (Å²) in [6, 6.07) is 0. The predicted molar refractivity (Wildman–Crippen MR) is 143 cm³/mol. The van der Waals surface area contributed by atoms with E-state index < -0.39 is 23.7 Å². The monoisotopic (exact) mass is 498 g/mol. The number of aliphatic hydroxyl groups is 2. The lowest BCUT2D eigenvalue weighted by Crippen LogP contribution is -2.66. The van der Waals surface area contributed by atoms with Gasteiger partial charge in [0.25, 0.3) is 0 Å². The van der Waals surface area contributed by atoms with Crippen LogP contribution in [-0.4, -0.2) is 34.5 Å². The van der Waals surface area contributed by atoms with E-state index in [1.807, 2.05) is 0 Å². The van der Waals surface area contributed by atoms with Crippen molar-refractivity contribution in [2.24, 2.45) is 50.7 Å². The fourth-order valence-electron chi connectivity index (χ4n) is 10.7. The topological polar surface area (TPSA) is 66.8 Å². The summed E-state index contributed by atoms with van der Waals surface area (Å²) in [4.78, 5) is 12.0. The first kappa shape index (κ1) is 26.5. The molecule has 0 aliphatic heterocycles. The van der Waals surface area contributed by atoms with Crippen LogP contribution < -0.4 is 0 Å². The highest BCUT2D eigenvalue weighted by atomic mass is 16.6. The van der Waals surface area contributed by atoms with Crippen LogP contribution in [0.25, 0.3) is 0 Å². The number of hydrogen-bond acceptors (Lipinski definition) is 4. The van der Waals surface area contributed by atoms with Crippen molar-refractivity contribution in [3.8, 4) is 0 Å². The molecule has 36 heavy (non-hydrogen) atoms. The van der Waals surface area contributed by atoms with Crippen molar-refractivity contribution in [3.05, 3.63) is 23.3 Å². The van der Waals surface area contributed by atoms with E-state index in [1.54, 1.807) is 0 Å². The Morgan fingerprint density at radius 3 is 2.33 bits per heavy atom. The minimum atomic E-state index is -0.757. The minimum Gasteiger partial charge on any atom is -0.460 e. The SMILES string of the molecule is CC(=O)O[C@@H]1C[C@@]2(C)C(=CC[C@]3(C)[C@@H]2[C@H](O)C=C2[C@H]4[C@@H](C)[C@H](C)CC[C@]4(C)CC[C@]23C)C(C)(C)[C@H]1O. The Hall–Kier alpha value is -1.13. The lowest BCUT2D eigenvalue weighted by molar-refractivity contribution is -0.186. The van der Waals surface area contributed by atoms with Gasteiger partial charge in [-0.05, 0) is 77.9 Å². The summed E-state index contributed by atoms with van der Waals surface area (Å²) in [7, 11) is 0. The first-order valence-corrected chi connectivity index (χ1v) is 14.5. The average Bonchev–Trinajstić information content (AvgIpc) is 2.76. The molecular weight excluding hydrogens is 448 g/mol. The van der Waals surface area contributed by atoms with Crippen LogP contribution in [0.15, 0.2) is 23.3 Å². The van der Waals surface area contributed by atoms with E-state index in [-0.39, 0.29) is 28.1 Å². The molecule has 5 aliphatic carbocycles. The van der Waals surface area contributed by atoms with Crippen molar-refractivity contribution in [1.29, 1.82) is 0 Å². The Morgan fingerprint density at radius 2 is 1.69 bits per heavy atom. The van der Waals surface area contributed by atoms with Gasteiger partial charge in [-0.25, -0.2) is 0 Å².